The quantitative estimate of drug-likeness (QED) is 0.361. The molecule has 0 unspecified atom stereocenters. The van der Waals surface area contributed by atoms with E-state index in [4.69, 9.17) is 5.11 Å². The molecule has 0 atom stereocenters. The van der Waals surface area contributed by atoms with E-state index in [1.807, 2.05) is 0 Å². The van der Waals surface area contributed by atoms with Crippen molar-refractivity contribution in [2.45, 2.75) is 96.8 Å². The van der Waals surface area contributed by atoms with E-state index in [1.165, 1.54) is 88.4 Å². The Morgan fingerprint density at radius 1 is 0.792 bits per heavy atom. The number of likely N-dealkylation sites (N-methyl/N-ethyl adjacent to an activating group) is 1. The highest BCUT2D eigenvalue weighted by Gasteiger charge is 2.05. The predicted octanol–water partition coefficient (Wildman–Crippen LogP) is 5.10. The molecule has 2 N–H and O–H groups in total. The Balaban J connectivity index is 3.14. The molecule has 0 heterocycles. The first-order valence-corrected chi connectivity index (χ1v) is 10.3. The topological polar surface area (TPSA) is 52.6 Å². The van der Waals surface area contributed by atoms with Crippen LogP contribution in [0, 0.1) is 0 Å². The second kappa shape index (κ2) is 18.6. The summed E-state index contributed by atoms with van der Waals surface area (Å²) in [6.45, 7) is 3.42. The van der Waals surface area contributed by atoms with E-state index in [2.05, 4.69) is 12.2 Å². The molecular weight excluding hydrogens is 300 g/mol. The minimum absolute atomic E-state index is 0.0166. The smallest absolute Gasteiger partial charge is 0.317 e. The molecule has 0 aromatic carbocycles. The molecule has 0 saturated carbocycles. The maximum absolute atomic E-state index is 11.6. The Kier molecular flexibility index (Phi) is 18.0. The van der Waals surface area contributed by atoms with Gasteiger partial charge in [0, 0.05) is 20.1 Å². The summed E-state index contributed by atoms with van der Waals surface area (Å²) in [5.41, 5.74) is 0. The first-order valence-electron chi connectivity index (χ1n) is 10.3. The second-order valence-electron chi connectivity index (χ2n) is 6.97. The molecule has 0 aromatic rings. The van der Waals surface area contributed by atoms with Crippen molar-refractivity contribution in [3.05, 3.63) is 0 Å². The number of hydrogen-bond acceptors (Lipinski definition) is 2. The summed E-state index contributed by atoms with van der Waals surface area (Å²) in [7, 11) is 1.71. The number of urea groups is 1. The molecule has 0 rings (SSSR count). The van der Waals surface area contributed by atoms with Gasteiger partial charge in [0.25, 0.3) is 0 Å². The first-order chi connectivity index (χ1) is 11.7. The van der Waals surface area contributed by atoms with Gasteiger partial charge in [-0.1, -0.05) is 90.4 Å². The maximum atomic E-state index is 11.6. The van der Waals surface area contributed by atoms with Crippen molar-refractivity contribution in [2.75, 3.05) is 26.7 Å². The number of amides is 2. The van der Waals surface area contributed by atoms with E-state index in [0.29, 0.717) is 6.54 Å². The molecule has 0 aliphatic carbocycles. The first kappa shape index (κ1) is 23.2. The van der Waals surface area contributed by atoms with Crippen molar-refractivity contribution < 1.29 is 9.90 Å². The Bertz CT molecular complexity index is 272. The molecule has 0 bridgehead atoms. The highest BCUT2D eigenvalue weighted by molar-refractivity contribution is 5.73. The molecule has 0 aromatic heterocycles. The minimum atomic E-state index is -0.0845. The van der Waals surface area contributed by atoms with Crippen molar-refractivity contribution in [3.63, 3.8) is 0 Å². The van der Waals surface area contributed by atoms with Gasteiger partial charge in [0.2, 0.25) is 0 Å². The summed E-state index contributed by atoms with van der Waals surface area (Å²) in [4.78, 5) is 13.1. The number of rotatable bonds is 17. The Morgan fingerprint density at radius 2 is 1.21 bits per heavy atom. The summed E-state index contributed by atoms with van der Waals surface area (Å²) >= 11 is 0. The van der Waals surface area contributed by atoms with Crippen LogP contribution in [-0.4, -0.2) is 42.8 Å². The fourth-order valence-electron chi connectivity index (χ4n) is 2.90. The third-order valence-electron chi connectivity index (χ3n) is 4.59. The van der Waals surface area contributed by atoms with Crippen LogP contribution < -0.4 is 5.32 Å². The Labute approximate surface area is 150 Å². The lowest BCUT2D eigenvalue weighted by Crippen LogP contribution is -2.39. The van der Waals surface area contributed by atoms with E-state index < -0.39 is 0 Å². The predicted molar refractivity (Wildman–Crippen MR) is 103 cm³/mol. The molecule has 4 heteroatoms. The van der Waals surface area contributed by atoms with Gasteiger partial charge in [-0.2, -0.15) is 0 Å². The van der Waals surface area contributed by atoms with Crippen LogP contribution in [0.15, 0.2) is 0 Å². The summed E-state index contributed by atoms with van der Waals surface area (Å²) in [5.74, 6) is 0. The van der Waals surface area contributed by atoms with Gasteiger partial charge in [0.05, 0.1) is 6.61 Å². The number of carbonyl (C=O) groups excluding carboxylic acids is 1. The van der Waals surface area contributed by atoms with Gasteiger partial charge in [0.15, 0.2) is 0 Å². The molecule has 0 aliphatic rings. The number of aliphatic hydroxyl groups excluding tert-OH is 1. The van der Waals surface area contributed by atoms with Crippen molar-refractivity contribution in [1.29, 1.82) is 0 Å². The molecule has 24 heavy (non-hydrogen) atoms. The van der Waals surface area contributed by atoms with Gasteiger partial charge in [-0.05, 0) is 6.42 Å². The van der Waals surface area contributed by atoms with Gasteiger partial charge in [-0.25, -0.2) is 4.79 Å². The Morgan fingerprint density at radius 3 is 1.62 bits per heavy atom. The van der Waals surface area contributed by atoms with E-state index >= 15 is 0 Å². The zero-order valence-electron chi connectivity index (χ0n) is 16.3. The molecule has 0 spiro atoms. The SMILES string of the molecule is CCCCCCCCCCCCCCCCNC(=O)N(C)CCO. The summed E-state index contributed by atoms with van der Waals surface area (Å²) in [6.07, 6.45) is 18.9. The van der Waals surface area contributed by atoms with Crippen LogP contribution >= 0.6 is 0 Å². The average Bonchev–Trinajstić information content (AvgIpc) is 2.58. The average molecular weight is 343 g/mol. The zero-order chi connectivity index (χ0) is 17.9. The standard InChI is InChI=1S/C20H42N2O2/c1-3-4-5-6-7-8-9-10-11-12-13-14-15-16-17-21-20(24)22(2)18-19-23/h23H,3-19H2,1-2H3,(H,21,24). The summed E-state index contributed by atoms with van der Waals surface area (Å²) in [5, 5.41) is 11.7. The van der Waals surface area contributed by atoms with Gasteiger partial charge in [-0.15, -0.1) is 0 Å². The van der Waals surface area contributed by atoms with Crippen LogP contribution in [-0.2, 0) is 0 Å². The van der Waals surface area contributed by atoms with Crippen LogP contribution in [0.25, 0.3) is 0 Å². The maximum Gasteiger partial charge on any atom is 0.317 e. The molecule has 2 amide bonds. The lowest BCUT2D eigenvalue weighted by molar-refractivity contribution is 0.190. The van der Waals surface area contributed by atoms with Crippen LogP contribution in [0.2, 0.25) is 0 Å². The van der Waals surface area contributed by atoms with E-state index in [1.54, 1.807) is 7.05 Å². The molecule has 4 nitrogen and oxygen atoms in total. The van der Waals surface area contributed by atoms with E-state index in [0.717, 1.165) is 13.0 Å². The van der Waals surface area contributed by atoms with Crippen molar-refractivity contribution in [3.8, 4) is 0 Å². The van der Waals surface area contributed by atoms with E-state index in [9.17, 15) is 4.79 Å². The van der Waals surface area contributed by atoms with Gasteiger partial charge < -0.3 is 15.3 Å². The Hall–Kier alpha value is -0.770. The highest BCUT2D eigenvalue weighted by atomic mass is 16.3. The van der Waals surface area contributed by atoms with Crippen LogP contribution in [0.5, 0.6) is 0 Å². The zero-order valence-corrected chi connectivity index (χ0v) is 16.3. The van der Waals surface area contributed by atoms with Crippen molar-refractivity contribution in [2.24, 2.45) is 0 Å². The number of hydrogen-bond donors (Lipinski definition) is 2. The lowest BCUT2D eigenvalue weighted by atomic mass is 10.0. The third-order valence-corrected chi connectivity index (χ3v) is 4.59. The molecule has 144 valence electrons. The molecule has 0 saturated heterocycles. The lowest BCUT2D eigenvalue weighted by Gasteiger charge is -2.16. The summed E-state index contributed by atoms with van der Waals surface area (Å²) in [6, 6.07) is -0.0845. The fraction of sp³-hybridized carbons (Fsp3) is 0.950. The van der Waals surface area contributed by atoms with Crippen molar-refractivity contribution in [1.82, 2.24) is 10.2 Å². The molecule has 0 fully saturated rings. The number of aliphatic hydroxyl groups is 1. The number of nitrogens with zero attached hydrogens (tertiary/aromatic N) is 1. The summed E-state index contributed by atoms with van der Waals surface area (Å²) < 4.78 is 0. The normalized spacial score (nSPS) is 10.8. The number of unbranched alkanes of at least 4 members (excludes halogenated alkanes) is 13. The van der Waals surface area contributed by atoms with Gasteiger partial charge >= 0.3 is 6.03 Å². The monoisotopic (exact) mass is 342 g/mol. The van der Waals surface area contributed by atoms with Crippen molar-refractivity contribution >= 4 is 6.03 Å². The molecule has 0 radical (unpaired) electrons. The second-order valence-corrected chi connectivity index (χ2v) is 6.97. The number of carbonyl (C=O) groups is 1. The largest absolute Gasteiger partial charge is 0.395 e. The minimum Gasteiger partial charge on any atom is -0.395 e. The highest BCUT2D eigenvalue weighted by Crippen LogP contribution is 2.12. The van der Waals surface area contributed by atoms with Crippen LogP contribution in [0.1, 0.15) is 96.8 Å². The third kappa shape index (κ3) is 16.1. The van der Waals surface area contributed by atoms with Crippen LogP contribution in [0.3, 0.4) is 0 Å². The van der Waals surface area contributed by atoms with E-state index in [-0.39, 0.29) is 12.6 Å². The molecular formula is C20H42N2O2. The molecule has 0 aliphatic heterocycles. The van der Waals surface area contributed by atoms with Gasteiger partial charge in [-0.3, -0.25) is 0 Å². The van der Waals surface area contributed by atoms with Gasteiger partial charge in [0.1, 0.15) is 0 Å². The number of nitrogens with one attached hydrogen (secondary N) is 1. The van der Waals surface area contributed by atoms with Crippen LogP contribution in [0.4, 0.5) is 4.79 Å². The fourth-order valence-corrected chi connectivity index (χ4v) is 2.90.